The van der Waals surface area contributed by atoms with Crippen LogP contribution in [0.4, 0.5) is 0 Å². The largest absolute Gasteiger partial charge is 0.489 e. The van der Waals surface area contributed by atoms with Crippen LogP contribution in [0.3, 0.4) is 0 Å². The molecule has 3 aromatic heterocycles. The van der Waals surface area contributed by atoms with Gasteiger partial charge < -0.3 is 18.8 Å². The highest BCUT2D eigenvalue weighted by atomic mass is 16.5. The first-order valence-electron chi connectivity index (χ1n) is 16.3. The van der Waals surface area contributed by atoms with Crippen LogP contribution in [0.2, 0.25) is 0 Å². The van der Waals surface area contributed by atoms with Gasteiger partial charge in [0, 0.05) is 24.1 Å². The van der Waals surface area contributed by atoms with E-state index in [4.69, 9.17) is 9.47 Å². The van der Waals surface area contributed by atoms with Crippen molar-refractivity contribution in [2.24, 2.45) is 0 Å². The molecule has 45 heavy (non-hydrogen) atoms. The van der Waals surface area contributed by atoms with E-state index in [1.54, 1.807) is 0 Å². The minimum Gasteiger partial charge on any atom is -0.489 e. The van der Waals surface area contributed by atoms with Crippen molar-refractivity contribution in [3.63, 3.8) is 0 Å². The van der Waals surface area contributed by atoms with Crippen LogP contribution >= 0.6 is 0 Å². The smallest absolute Gasteiger partial charge is 0.166 e. The first-order valence-corrected chi connectivity index (χ1v) is 16.3. The van der Waals surface area contributed by atoms with E-state index in [-0.39, 0.29) is 5.78 Å². The van der Waals surface area contributed by atoms with Gasteiger partial charge >= 0.3 is 0 Å². The van der Waals surface area contributed by atoms with Crippen LogP contribution < -0.4 is 9.47 Å². The molecule has 4 heterocycles. The molecule has 0 N–H and O–H groups in total. The van der Waals surface area contributed by atoms with Gasteiger partial charge in [0.25, 0.3) is 0 Å². The maximum atomic E-state index is 14.0. The van der Waals surface area contributed by atoms with Crippen LogP contribution in [0.1, 0.15) is 59.7 Å². The van der Waals surface area contributed by atoms with Crippen molar-refractivity contribution >= 4 is 22.3 Å². The summed E-state index contributed by atoms with van der Waals surface area (Å²) in [6.45, 7) is 6.16. The van der Waals surface area contributed by atoms with Crippen molar-refractivity contribution in [2.75, 3.05) is 19.6 Å². The average Bonchev–Trinajstić information content (AvgIpc) is 3.65. The number of Topliss-reactive ketones (excluding diaryl/α,β-unsaturated/α-hetero) is 1. The summed E-state index contributed by atoms with van der Waals surface area (Å²) < 4.78 is 14.8. The van der Waals surface area contributed by atoms with Gasteiger partial charge in [-0.1, -0.05) is 86.1 Å². The molecule has 1 aliphatic rings. The number of hydrogen-bond donors (Lipinski definition) is 0. The third-order valence-corrected chi connectivity index (χ3v) is 9.12. The van der Waals surface area contributed by atoms with E-state index < -0.39 is 0 Å². The molecule has 0 radical (unpaired) electrons. The van der Waals surface area contributed by atoms with E-state index in [1.165, 1.54) is 30.4 Å². The van der Waals surface area contributed by atoms with Gasteiger partial charge in [-0.3, -0.25) is 4.79 Å². The summed E-state index contributed by atoms with van der Waals surface area (Å²) in [5.74, 6) is 1.76. The average molecular weight is 597 g/mol. The number of likely N-dealkylation sites (tertiary alicyclic amines) is 1. The third kappa shape index (κ3) is 6.05. The lowest BCUT2D eigenvalue weighted by atomic mass is 9.98. The van der Waals surface area contributed by atoms with Crippen molar-refractivity contribution in [1.82, 2.24) is 9.30 Å². The molecule has 3 aromatic carbocycles. The van der Waals surface area contributed by atoms with Crippen molar-refractivity contribution in [2.45, 2.75) is 52.2 Å². The van der Waals surface area contributed by atoms with Gasteiger partial charge in [-0.2, -0.15) is 0 Å². The van der Waals surface area contributed by atoms with Crippen LogP contribution in [-0.4, -0.2) is 34.7 Å². The van der Waals surface area contributed by atoms with E-state index in [9.17, 15) is 4.79 Å². The molecule has 0 bridgehead atoms. The number of hydrogen-bond acceptors (Lipinski definition) is 4. The van der Waals surface area contributed by atoms with Gasteiger partial charge in [0.1, 0.15) is 24.7 Å². The number of aryl methyl sites for hydroxylation is 1. The monoisotopic (exact) mass is 596 g/mol. The summed E-state index contributed by atoms with van der Waals surface area (Å²) in [7, 11) is 0. The fourth-order valence-corrected chi connectivity index (χ4v) is 6.79. The molecule has 1 saturated heterocycles. The van der Waals surface area contributed by atoms with Crippen LogP contribution in [-0.2, 0) is 19.6 Å². The van der Waals surface area contributed by atoms with Gasteiger partial charge in [-0.25, -0.2) is 0 Å². The maximum Gasteiger partial charge on any atom is 0.166 e. The molecule has 7 rings (SSSR count). The number of rotatable bonds is 12. The number of carbonyl (C=O) groups is 1. The molecule has 228 valence electrons. The lowest BCUT2D eigenvalue weighted by Gasteiger charge is -2.25. The zero-order valence-corrected chi connectivity index (χ0v) is 26.0. The van der Waals surface area contributed by atoms with Gasteiger partial charge in [0.2, 0.25) is 0 Å². The fraction of sp³-hybridized carbons (Fsp3) is 0.275. The first-order chi connectivity index (χ1) is 22.2. The maximum absolute atomic E-state index is 14.0. The van der Waals surface area contributed by atoms with Crippen LogP contribution in [0.25, 0.3) is 27.7 Å². The molecule has 0 aliphatic carbocycles. The molecular formula is C40H40N2O3. The Bertz CT molecular complexity index is 1870. The predicted octanol–water partition coefficient (Wildman–Crippen LogP) is 8.98. The summed E-state index contributed by atoms with van der Waals surface area (Å²) in [4.78, 5) is 16.4. The van der Waals surface area contributed by atoms with Gasteiger partial charge in [-0.15, -0.1) is 0 Å². The molecule has 0 unspecified atom stereocenters. The first kappa shape index (κ1) is 29.1. The Kier molecular flexibility index (Phi) is 8.52. The molecule has 0 spiro atoms. The second-order valence-electron chi connectivity index (χ2n) is 12.1. The van der Waals surface area contributed by atoms with E-state index in [2.05, 4.69) is 70.8 Å². The number of benzene rings is 3. The Labute approximate surface area is 265 Å². The lowest BCUT2D eigenvalue weighted by molar-refractivity contribution is 0.0960. The second kappa shape index (κ2) is 13.2. The Morgan fingerprint density at radius 2 is 1.40 bits per heavy atom. The van der Waals surface area contributed by atoms with Crippen molar-refractivity contribution < 1.29 is 14.3 Å². The summed E-state index contributed by atoms with van der Waals surface area (Å²) in [5, 5.41) is 0. The number of ether oxygens (including phenoxy) is 2. The molecule has 5 nitrogen and oxygen atoms in total. The van der Waals surface area contributed by atoms with E-state index in [0.717, 1.165) is 76.4 Å². The highest BCUT2D eigenvalue weighted by Crippen LogP contribution is 2.42. The van der Waals surface area contributed by atoms with Gasteiger partial charge in [0.05, 0.1) is 16.6 Å². The lowest BCUT2D eigenvalue weighted by Crippen LogP contribution is -2.31. The Morgan fingerprint density at radius 1 is 0.733 bits per heavy atom. The quantitative estimate of drug-likeness (QED) is 0.132. The molecular weight excluding hydrogens is 556 g/mol. The highest BCUT2D eigenvalue weighted by Gasteiger charge is 2.26. The zero-order valence-electron chi connectivity index (χ0n) is 26.0. The minimum absolute atomic E-state index is 0.176. The van der Waals surface area contributed by atoms with Crippen LogP contribution in [0.5, 0.6) is 11.5 Å². The number of pyridine rings is 1. The van der Waals surface area contributed by atoms with Crippen molar-refractivity contribution in [1.29, 1.82) is 0 Å². The Morgan fingerprint density at radius 3 is 2.07 bits per heavy atom. The van der Waals surface area contributed by atoms with Crippen molar-refractivity contribution in [3.8, 4) is 22.6 Å². The van der Waals surface area contributed by atoms with Crippen LogP contribution in [0.15, 0.2) is 103 Å². The van der Waals surface area contributed by atoms with Gasteiger partial charge in [-0.05, 0) is 84.9 Å². The summed E-state index contributed by atoms with van der Waals surface area (Å²) in [5.41, 5.74) is 9.62. The minimum atomic E-state index is 0.176. The Hall–Kier alpha value is -4.61. The van der Waals surface area contributed by atoms with Crippen LogP contribution in [0, 0.1) is 0 Å². The number of piperidine rings is 1. The fourth-order valence-electron chi connectivity index (χ4n) is 6.79. The van der Waals surface area contributed by atoms with Crippen molar-refractivity contribution in [3.05, 3.63) is 125 Å². The Balaban J connectivity index is 1.25. The summed E-state index contributed by atoms with van der Waals surface area (Å²) >= 11 is 0. The standard InChI is InChI=1S/C40H40N2O3/c1-2-33-35-20-21-38(45-28-30-14-8-4-9-15-30)40-34(37(43)22-25-41-23-10-5-11-24-41)26-36(42(35)40)39(33)31-16-18-32(19-17-31)44-27-29-12-6-3-7-13-29/h3-4,6-9,12-21,26H,2,5,10-11,22-25,27-28H2,1H3. The highest BCUT2D eigenvalue weighted by molar-refractivity contribution is 6.10. The number of nitrogens with zero attached hydrogens (tertiary/aromatic N) is 2. The molecule has 0 saturated carbocycles. The summed E-state index contributed by atoms with van der Waals surface area (Å²) in [6.07, 6.45) is 5.12. The number of carbonyl (C=O) groups excluding carboxylic acids is 1. The number of aromatic nitrogens is 1. The summed E-state index contributed by atoms with van der Waals surface area (Å²) in [6, 6.07) is 35.1. The van der Waals surface area contributed by atoms with Gasteiger partial charge in [0.15, 0.2) is 5.78 Å². The molecule has 1 aliphatic heterocycles. The zero-order chi connectivity index (χ0) is 30.6. The van der Waals surface area contributed by atoms with E-state index >= 15 is 0 Å². The molecule has 6 aromatic rings. The molecule has 0 amide bonds. The van der Waals surface area contributed by atoms with E-state index in [0.29, 0.717) is 19.6 Å². The molecule has 5 heteroatoms. The topological polar surface area (TPSA) is 43.2 Å². The van der Waals surface area contributed by atoms with E-state index in [1.807, 2.05) is 48.5 Å². The molecule has 0 atom stereocenters. The molecule has 1 fully saturated rings. The predicted molar refractivity (Wildman–Crippen MR) is 182 cm³/mol. The second-order valence-corrected chi connectivity index (χ2v) is 12.1. The third-order valence-electron chi connectivity index (χ3n) is 9.12. The normalized spacial score (nSPS) is 13.9. The number of ketones is 1. The SMILES string of the molecule is CCc1c(-c2ccc(OCc3ccccc3)cc2)c2cc(C(=O)CCN3CCCCC3)c3c(OCc4ccccc4)ccc1n23.